The van der Waals surface area contributed by atoms with E-state index < -0.39 is 18.0 Å². The van der Waals surface area contributed by atoms with E-state index >= 15 is 0 Å². The molecule has 0 fully saturated rings. The van der Waals surface area contributed by atoms with Crippen molar-refractivity contribution in [1.82, 2.24) is 5.32 Å². The summed E-state index contributed by atoms with van der Waals surface area (Å²) < 4.78 is 16.4. The Morgan fingerprint density at radius 3 is 2.81 bits per heavy atom. The SMILES string of the molecule is C[C@H](OC(=O)c1cc(Br)ccc1N)C(=O)NCc1ccc2c(c1)OCO2. The van der Waals surface area contributed by atoms with Crippen molar-refractivity contribution in [3.05, 3.63) is 52.0 Å². The lowest BCUT2D eigenvalue weighted by atomic mass is 10.2. The molecule has 136 valence electrons. The molecule has 3 rings (SSSR count). The summed E-state index contributed by atoms with van der Waals surface area (Å²) in [7, 11) is 0. The highest BCUT2D eigenvalue weighted by Gasteiger charge is 2.21. The van der Waals surface area contributed by atoms with Crippen LogP contribution in [0.3, 0.4) is 0 Å². The summed E-state index contributed by atoms with van der Waals surface area (Å²) in [5.41, 5.74) is 7.11. The highest BCUT2D eigenvalue weighted by molar-refractivity contribution is 9.10. The van der Waals surface area contributed by atoms with Crippen LogP contribution >= 0.6 is 15.9 Å². The van der Waals surface area contributed by atoms with E-state index in [-0.39, 0.29) is 24.6 Å². The lowest BCUT2D eigenvalue weighted by molar-refractivity contribution is -0.129. The molecule has 0 radical (unpaired) electrons. The minimum absolute atomic E-state index is 0.191. The van der Waals surface area contributed by atoms with Crippen molar-refractivity contribution < 1.29 is 23.8 Å². The number of carbonyl (C=O) groups is 2. The van der Waals surface area contributed by atoms with Crippen LogP contribution in [0.5, 0.6) is 11.5 Å². The van der Waals surface area contributed by atoms with Gasteiger partial charge in [-0.2, -0.15) is 0 Å². The molecule has 3 N–H and O–H groups in total. The fourth-order valence-electron chi connectivity index (χ4n) is 2.37. The molecule has 0 unspecified atom stereocenters. The monoisotopic (exact) mass is 420 g/mol. The van der Waals surface area contributed by atoms with Crippen LogP contribution in [0.15, 0.2) is 40.9 Å². The number of nitrogens with two attached hydrogens (primary N) is 1. The second kappa shape index (κ2) is 7.65. The molecule has 0 saturated carbocycles. The van der Waals surface area contributed by atoms with E-state index in [1.54, 1.807) is 30.3 Å². The van der Waals surface area contributed by atoms with Crippen LogP contribution in [-0.4, -0.2) is 24.8 Å². The molecule has 0 bridgehead atoms. The lowest BCUT2D eigenvalue weighted by Crippen LogP contribution is -2.35. The molecule has 1 amide bonds. The van der Waals surface area contributed by atoms with E-state index in [4.69, 9.17) is 19.9 Å². The smallest absolute Gasteiger partial charge is 0.341 e. The highest BCUT2D eigenvalue weighted by Crippen LogP contribution is 2.32. The van der Waals surface area contributed by atoms with Gasteiger partial charge in [-0.1, -0.05) is 22.0 Å². The standard InChI is InChI=1S/C18H17BrN2O5/c1-10(26-18(23)13-7-12(19)3-4-14(13)20)17(22)21-8-11-2-5-15-16(6-11)25-9-24-15/h2-7,10H,8-9,20H2,1H3,(H,21,22)/t10-/m0/s1. The predicted molar refractivity (Wildman–Crippen MR) is 97.8 cm³/mol. The first kappa shape index (κ1) is 18.1. The zero-order valence-corrected chi connectivity index (χ0v) is 15.5. The number of fused-ring (bicyclic) bond motifs is 1. The number of amides is 1. The summed E-state index contributed by atoms with van der Waals surface area (Å²) in [6.45, 7) is 1.97. The number of anilines is 1. The fraction of sp³-hybridized carbons (Fsp3) is 0.222. The van der Waals surface area contributed by atoms with Crippen molar-refractivity contribution in [2.24, 2.45) is 0 Å². The maximum atomic E-state index is 12.2. The number of halogens is 1. The highest BCUT2D eigenvalue weighted by atomic mass is 79.9. The quantitative estimate of drug-likeness (QED) is 0.569. The number of ether oxygens (including phenoxy) is 3. The molecule has 1 aliphatic rings. The molecule has 0 saturated heterocycles. The van der Waals surface area contributed by atoms with Gasteiger partial charge in [0.15, 0.2) is 17.6 Å². The van der Waals surface area contributed by atoms with E-state index in [1.807, 2.05) is 6.07 Å². The van der Waals surface area contributed by atoms with Crippen LogP contribution < -0.4 is 20.5 Å². The van der Waals surface area contributed by atoms with Gasteiger partial charge in [-0.15, -0.1) is 0 Å². The van der Waals surface area contributed by atoms with E-state index in [0.717, 1.165) is 5.56 Å². The summed E-state index contributed by atoms with van der Waals surface area (Å²) in [5, 5.41) is 2.72. The lowest BCUT2D eigenvalue weighted by Gasteiger charge is -2.14. The number of hydrogen-bond donors (Lipinski definition) is 2. The van der Waals surface area contributed by atoms with Crippen LogP contribution in [0, 0.1) is 0 Å². The van der Waals surface area contributed by atoms with Crippen molar-refractivity contribution in [2.75, 3.05) is 12.5 Å². The molecule has 0 aliphatic carbocycles. The first-order chi connectivity index (χ1) is 12.4. The first-order valence-corrected chi connectivity index (χ1v) is 8.65. The van der Waals surface area contributed by atoms with Crippen molar-refractivity contribution in [3.63, 3.8) is 0 Å². The van der Waals surface area contributed by atoms with E-state index in [9.17, 15) is 9.59 Å². The molecule has 26 heavy (non-hydrogen) atoms. The van der Waals surface area contributed by atoms with Crippen LogP contribution in [0.4, 0.5) is 5.69 Å². The maximum Gasteiger partial charge on any atom is 0.341 e. The van der Waals surface area contributed by atoms with Gasteiger partial charge in [0.2, 0.25) is 6.79 Å². The van der Waals surface area contributed by atoms with Crippen molar-refractivity contribution in [1.29, 1.82) is 0 Å². The number of benzene rings is 2. The number of esters is 1. The van der Waals surface area contributed by atoms with Crippen LogP contribution in [0.2, 0.25) is 0 Å². The minimum Gasteiger partial charge on any atom is -0.454 e. The fourth-order valence-corrected chi connectivity index (χ4v) is 2.73. The Kier molecular flexibility index (Phi) is 5.32. The zero-order valence-electron chi connectivity index (χ0n) is 14.0. The maximum absolute atomic E-state index is 12.2. The largest absolute Gasteiger partial charge is 0.454 e. The molecule has 1 heterocycles. The third-order valence-electron chi connectivity index (χ3n) is 3.79. The summed E-state index contributed by atoms with van der Waals surface area (Å²) in [6, 6.07) is 10.3. The molecule has 0 aromatic heterocycles. The number of rotatable bonds is 5. The number of hydrogen-bond acceptors (Lipinski definition) is 6. The summed E-state index contributed by atoms with van der Waals surface area (Å²) >= 11 is 3.27. The Morgan fingerprint density at radius 1 is 1.23 bits per heavy atom. The second-order valence-electron chi connectivity index (χ2n) is 5.68. The van der Waals surface area contributed by atoms with Gasteiger partial charge >= 0.3 is 5.97 Å². The summed E-state index contributed by atoms with van der Waals surface area (Å²) in [6.07, 6.45) is -0.963. The topological polar surface area (TPSA) is 99.9 Å². The average Bonchev–Trinajstić information content (AvgIpc) is 3.09. The molecule has 8 heteroatoms. The van der Waals surface area contributed by atoms with Crippen LogP contribution in [-0.2, 0) is 16.1 Å². The van der Waals surface area contributed by atoms with Gasteiger partial charge in [0.25, 0.3) is 5.91 Å². The molecule has 1 aliphatic heterocycles. The average molecular weight is 421 g/mol. The van der Waals surface area contributed by atoms with Gasteiger partial charge in [0.1, 0.15) is 0 Å². The van der Waals surface area contributed by atoms with Gasteiger partial charge in [-0.3, -0.25) is 4.79 Å². The summed E-state index contributed by atoms with van der Waals surface area (Å²) in [4.78, 5) is 24.4. The Bertz CT molecular complexity index is 855. The minimum atomic E-state index is -0.963. The summed E-state index contributed by atoms with van der Waals surface area (Å²) in [5.74, 6) is 0.245. The van der Waals surface area contributed by atoms with E-state index in [1.165, 1.54) is 6.92 Å². The Balaban J connectivity index is 1.56. The van der Waals surface area contributed by atoms with Gasteiger partial charge in [0.05, 0.1) is 5.56 Å². The van der Waals surface area contributed by atoms with Crippen molar-refractivity contribution in [2.45, 2.75) is 19.6 Å². The van der Waals surface area contributed by atoms with Gasteiger partial charge in [-0.05, 0) is 42.8 Å². The molecular formula is C18H17BrN2O5. The van der Waals surface area contributed by atoms with Gasteiger partial charge < -0.3 is 25.3 Å². The third-order valence-corrected chi connectivity index (χ3v) is 4.29. The van der Waals surface area contributed by atoms with Gasteiger partial charge in [0, 0.05) is 16.7 Å². The normalized spacial score (nSPS) is 13.2. The molecule has 2 aromatic rings. The molecular weight excluding hydrogens is 404 g/mol. The van der Waals surface area contributed by atoms with Crippen LogP contribution in [0.1, 0.15) is 22.8 Å². The Morgan fingerprint density at radius 2 is 2.00 bits per heavy atom. The molecule has 7 nitrogen and oxygen atoms in total. The van der Waals surface area contributed by atoms with Gasteiger partial charge in [-0.25, -0.2) is 4.79 Å². The van der Waals surface area contributed by atoms with E-state index in [0.29, 0.717) is 16.0 Å². The zero-order chi connectivity index (χ0) is 18.7. The number of carbonyl (C=O) groups excluding carboxylic acids is 2. The van der Waals surface area contributed by atoms with Crippen molar-refractivity contribution >= 4 is 33.5 Å². The van der Waals surface area contributed by atoms with Crippen molar-refractivity contribution in [3.8, 4) is 11.5 Å². The molecule has 0 spiro atoms. The Hall–Kier alpha value is -2.74. The second-order valence-corrected chi connectivity index (χ2v) is 6.60. The molecule has 1 atom stereocenters. The third kappa shape index (κ3) is 4.08. The van der Waals surface area contributed by atoms with E-state index in [2.05, 4.69) is 21.2 Å². The predicted octanol–water partition coefficient (Wildman–Crippen LogP) is 2.62. The number of nitrogens with one attached hydrogen (secondary N) is 1. The Labute approximate surface area is 158 Å². The first-order valence-electron chi connectivity index (χ1n) is 7.86. The van der Waals surface area contributed by atoms with Crippen LogP contribution in [0.25, 0.3) is 0 Å². The number of nitrogen functional groups attached to an aromatic ring is 1. The molecule has 2 aromatic carbocycles.